The second kappa shape index (κ2) is 5.73. The highest BCUT2D eigenvalue weighted by atomic mass is 32.1. The lowest BCUT2D eigenvalue weighted by atomic mass is 9.95. The van der Waals surface area contributed by atoms with Crippen LogP contribution in [0.4, 0.5) is 5.82 Å². The summed E-state index contributed by atoms with van der Waals surface area (Å²) in [6.45, 7) is 5.50. The number of rotatable bonds is 3. The van der Waals surface area contributed by atoms with E-state index in [1.54, 1.807) is 18.3 Å². The molecule has 0 radical (unpaired) electrons. The van der Waals surface area contributed by atoms with Crippen LogP contribution in [0.2, 0.25) is 0 Å². The van der Waals surface area contributed by atoms with Gasteiger partial charge in [-0.15, -0.1) is 11.3 Å². The average Bonchev–Trinajstić information content (AvgIpc) is 2.91. The highest BCUT2D eigenvalue weighted by molar-refractivity contribution is 7.10. The van der Waals surface area contributed by atoms with Gasteiger partial charge in [0.2, 0.25) is 5.91 Å². The van der Waals surface area contributed by atoms with Crippen LogP contribution in [0.3, 0.4) is 0 Å². The first-order valence-corrected chi connectivity index (χ1v) is 7.25. The number of nitrogens with zero attached hydrogens (tertiary/aromatic N) is 1. The number of thiophene rings is 1. The van der Waals surface area contributed by atoms with Crippen LogP contribution in [-0.2, 0) is 4.79 Å². The quantitative estimate of drug-likeness (QED) is 0.912. The van der Waals surface area contributed by atoms with Crippen LogP contribution in [0.15, 0.2) is 35.8 Å². The Morgan fingerprint density at radius 1 is 1.35 bits per heavy atom. The van der Waals surface area contributed by atoms with Crippen LogP contribution in [-0.4, -0.2) is 16.0 Å². The average molecular weight is 290 g/mol. The van der Waals surface area contributed by atoms with Gasteiger partial charge in [0.25, 0.3) is 0 Å². The molecule has 0 bridgehead atoms. The number of hydrogen-bond donors (Lipinski definition) is 2. The smallest absolute Gasteiger partial charge is 0.230 e. The summed E-state index contributed by atoms with van der Waals surface area (Å²) in [5.41, 5.74) is 0.0930. The van der Waals surface area contributed by atoms with Crippen LogP contribution in [0.5, 0.6) is 0 Å². The second-order valence-electron chi connectivity index (χ2n) is 5.56. The van der Waals surface area contributed by atoms with Gasteiger partial charge in [-0.05, 0) is 17.5 Å². The molecule has 0 aliphatic rings. The number of pyridine rings is 1. The van der Waals surface area contributed by atoms with Crippen molar-refractivity contribution in [2.24, 2.45) is 5.41 Å². The van der Waals surface area contributed by atoms with Crippen LogP contribution < -0.4 is 5.32 Å². The molecule has 0 spiro atoms. The minimum absolute atomic E-state index is 0.129. The topological polar surface area (TPSA) is 62.2 Å². The van der Waals surface area contributed by atoms with Gasteiger partial charge in [-0.3, -0.25) is 4.79 Å². The highest BCUT2D eigenvalue weighted by Gasteiger charge is 2.24. The molecule has 0 aliphatic heterocycles. The van der Waals surface area contributed by atoms with Gasteiger partial charge in [-0.1, -0.05) is 32.9 Å². The summed E-state index contributed by atoms with van der Waals surface area (Å²) in [6.07, 6.45) is 0.821. The van der Waals surface area contributed by atoms with Crippen molar-refractivity contribution in [3.05, 3.63) is 46.3 Å². The Labute approximate surface area is 122 Å². The van der Waals surface area contributed by atoms with Gasteiger partial charge in [-0.25, -0.2) is 4.98 Å². The lowest BCUT2D eigenvalue weighted by Gasteiger charge is -2.20. The van der Waals surface area contributed by atoms with Gasteiger partial charge in [-0.2, -0.15) is 0 Å². The van der Waals surface area contributed by atoms with Crippen LogP contribution in [0, 0.1) is 5.41 Å². The number of hydrogen-bond acceptors (Lipinski definition) is 4. The van der Waals surface area contributed by atoms with Crippen LogP contribution in [0.25, 0.3) is 0 Å². The molecule has 4 nitrogen and oxygen atoms in total. The summed E-state index contributed by atoms with van der Waals surface area (Å²) in [4.78, 5) is 17.1. The van der Waals surface area contributed by atoms with E-state index in [-0.39, 0.29) is 5.91 Å². The first-order valence-electron chi connectivity index (χ1n) is 6.37. The van der Waals surface area contributed by atoms with Crippen molar-refractivity contribution >= 4 is 23.1 Å². The molecular formula is C15H18N2O2S. The molecule has 2 rings (SSSR count). The van der Waals surface area contributed by atoms with Crippen molar-refractivity contribution < 1.29 is 9.90 Å². The summed E-state index contributed by atoms with van der Waals surface area (Å²) < 4.78 is 0. The summed E-state index contributed by atoms with van der Waals surface area (Å²) in [5.74, 6) is 0.282. The molecule has 0 fully saturated rings. The molecule has 2 heterocycles. The largest absolute Gasteiger partial charge is 0.383 e. The van der Waals surface area contributed by atoms with E-state index >= 15 is 0 Å². The Morgan fingerprint density at radius 2 is 2.10 bits per heavy atom. The number of aliphatic hydroxyl groups excluding tert-OH is 1. The second-order valence-corrected chi connectivity index (χ2v) is 6.54. The molecule has 106 valence electrons. The third-order valence-corrected chi connectivity index (χ3v) is 3.78. The molecule has 1 atom stereocenters. The first-order chi connectivity index (χ1) is 9.39. The van der Waals surface area contributed by atoms with Crippen molar-refractivity contribution in [3.8, 4) is 0 Å². The molecule has 1 unspecified atom stereocenters. The molecule has 2 aromatic rings. The lowest BCUT2D eigenvalue weighted by Crippen LogP contribution is -2.28. The predicted octanol–water partition coefficient (Wildman–Crippen LogP) is 3.21. The summed E-state index contributed by atoms with van der Waals surface area (Å²) >= 11 is 1.47. The maximum Gasteiger partial charge on any atom is 0.230 e. The van der Waals surface area contributed by atoms with Gasteiger partial charge in [0.15, 0.2) is 0 Å². The normalized spacial score (nSPS) is 13.0. The molecule has 0 saturated carbocycles. The highest BCUT2D eigenvalue weighted by Crippen LogP contribution is 2.30. The number of carbonyl (C=O) groups excluding carboxylic acids is 1. The minimum atomic E-state index is -0.779. The maximum atomic E-state index is 12.1. The number of aromatic nitrogens is 1. The van der Waals surface area contributed by atoms with Crippen molar-refractivity contribution in [3.63, 3.8) is 0 Å². The Morgan fingerprint density at radius 3 is 2.70 bits per heavy atom. The number of carbonyl (C=O) groups is 1. The zero-order valence-corrected chi connectivity index (χ0v) is 12.6. The Balaban J connectivity index is 2.29. The number of anilines is 1. The molecular weight excluding hydrogens is 272 g/mol. The SMILES string of the molecule is CC(C)(C)C(=O)Nc1ncccc1C(O)c1cccs1. The third-order valence-electron chi connectivity index (χ3n) is 2.86. The van der Waals surface area contributed by atoms with Crippen LogP contribution >= 0.6 is 11.3 Å². The molecule has 1 amide bonds. The zero-order chi connectivity index (χ0) is 14.8. The predicted molar refractivity (Wildman–Crippen MR) is 80.7 cm³/mol. The molecule has 0 saturated heterocycles. The van der Waals surface area contributed by atoms with E-state index in [1.807, 2.05) is 38.3 Å². The van der Waals surface area contributed by atoms with Crippen molar-refractivity contribution in [2.45, 2.75) is 26.9 Å². The lowest BCUT2D eigenvalue weighted by molar-refractivity contribution is -0.123. The minimum Gasteiger partial charge on any atom is -0.383 e. The zero-order valence-electron chi connectivity index (χ0n) is 11.8. The Kier molecular flexibility index (Phi) is 4.20. The molecule has 2 N–H and O–H groups in total. The van der Waals surface area contributed by atoms with E-state index in [0.29, 0.717) is 11.4 Å². The number of amides is 1. The number of nitrogens with one attached hydrogen (secondary N) is 1. The first kappa shape index (κ1) is 14.7. The van der Waals surface area contributed by atoms with Gasteiger partial charge in [0.1, 0.15) is 11.9 Å². The van der Waals surface area contributed by atoms with E-state index in [1.165, 1.54) is 11.3 Å². The molecule has 0 aromatic carbocycles. The van der Waals surface area contributed by atoms with E-state index in [9.17, 15) is 9.90 Å². The summed E-state index contributed by atoms with van der Waals surface area (Å²) in [6, 6.07) is 7.26. The van der Waals surface area contributed by atoms with Crippen molar-refractivity contribution in [2.75, 3.05) is 5.32 Å². The standard InChI is InChI=1S/C15H18N2O2S/c1-15(2,3)14(19)17-13-10(6-4-8-16-13)12(18)11-7-5-9-20-11/h4-9,12,18H,1-3H3,(H,16,17,19). The van der Waals surface area contributed by atoms with E-state index in [0.717, 1.165) is 4.88 Å². The van der Waals surface area contributed by atoms with E-state index in [2.05, 4.69) is 10.3 Å². The van der Waals surface area contributed by atoms with Crippen LogP contribution in [0.1, 0.15) is 37.3 Å². The van der Waals surface area contributed by atoms with E-state index < -0.39 is 11.5 Å². The summed E-state index contributed by atoms with van der Waals surface area (Å²) in [5, 5.41) is 15.1. The van der Waals surface area contributed by atoms with E-state index in [4.69, 9.17) is 0 Å². The Bertz CT molecular complexity index is 588. The van der Waals surface area contributed by atoms with Gasteiger partial charge < -0.3 is 10.4 Å². The Hall–Kier alpha value is -1.72. The fourth-order valence-electron chi connectivity index (χ4n) is 1.64. The molecule has 0 aliphatic carbocycles. The third kappa shape index (κ3) is 3.23. The molecule has 5 heteroatoms. The fraction of sp³-hybridized carbons (Fsp3) is 0.333. The number of aliphatic hydroxyl groups is 1. The van der Waals surface area contributed by atoms with Gasteiger partial charge >= 0.3 is 0 Å². The summed E-state index contributed by atoms with van der Waals surface area (Å²) in [7, 11) is 0. The monoisotopic (exact) mass is 290 g/mol. The molecule has 2 aromatic heterocycles. The van der Waals surface area contributed by atoms with Crippen molar-refractivity contribution in [1.29, 1.82) is 0 Å². The van der Waals surface area contributed by atoms with Crippen molar-refractivity contribution in [1.82, 2.24) is 4.98 Å². The maximum absolute atomic E-state index is 12.1. The van der Waals surface area contributed by atoms with Gasteiger partial charge in [0.05, 0.1) is 0 Å². The fourth-order valence-corrected chi connectivity index (χ4v) is 2.37. The molecule has 20 heavy (non-hydrogen) atoms. The van der Waals surface area contributed by atoms with Gasteiger partial charge in [0, 0.05) is 22.1 Å².